The molecule has 3 aromatic rings. The number of hydrazine groups is 1. The van der Waals surface area contributed by atoms with Gasteiger partial charge in [0.05, 0.1) is 17.2 Å². The third-order valence-electron chi connectivity index (χ3n) is 4.61. The van der Waals surface area contributed by atoms with Gasteiger partial charge in [-0.25, -0.2) is 0 Å². The third-order valence-corrected chi connectivity index (χ3v) is 4.61. The summed E-state index contributed by atoms with van der Waals surface area (Å²) < 4.78 is 2.12. The normalized spacial score (nSPS) is 11.7. The first-order chi connectivity index (χ1) is 13.0. The molecule has 0 saturated heterocycles. The van der Waals surface area contributed by atoms with E-state index in [4.69, 9.17) is 0 Å². The number of nitrogens with zero attached hydrogens (tertiary/aromatic N) is 2. The predicted octanol–water partition coefficient (Wildman–Crippen LogP) is 3.18. The van der Waals surface area contributed by atoms with Gasteiger partial charge in [0.2, 0.25) is 0 Å². The summed E-state index contributed by atoms with van der Waals surface area (Å²) in [5, 5.41) is 0. The molecule has 1 aromatic carbocycles. The number of aromatic nitrogens is 2. The molecule has 0 bridgehead atoms. The molecule has 0 radical (unpaired) electrons. The van der Waals surface area contributed by atoms with Gasteiger partial charge >= 0.3 is 0 Å². The molecule has 2 heterocycles. The first-order valence-electron chi connectivity index (χ1n) is 8.73. The highest BCUT2D eigenvalue weighted by Crippen LogP contribution is 2.25. The topological polar surface area (TPSA) is 76.0 Å². The first-order valence-corrected chi connectivity index (χ1v) is 8.73. The van der Waals surface area contributed by atoms with Gasteiger partial charge < -0.3 is 4.57 Å². The standard InChI is InChI=1S/C21H22N4O2/c1-14-12-19(16(3)25(14)15(2)17-8-5-4-6-9-17)21(27)24-23-20(26)18-10-7-11-22-13-18/h4-13,15H,1-3H3,(H,23,26)(H,24,27). The van der Waals surface area contributed by atoms with E-state index in [1.165, 1.54) is 6.20 Å². The molecule has 0 spiro atoms. The summed E-state index contributed by atoms with van der Waals surface area (Å²) in [6.07, 6.45) is 3.02. The van der Waals surface area contributed by atoms with E-state index in [0.717, 1.165) is 17.0 Å². The molecule has 6 heteroatoms. The summed E-state index contributed by atoms with van der Waals surface area (Å²) in [6, 6.07) is 15.3. The summed E-state index contributed by atoms with van der Waals surface area (Å²) in [6.45, 7) is 5.98. The first kappa shape index (κ1) is 18.4. The summed E-state index contributed by atoms with van der Waals surface area (Å²) in [4.78, 5) is 28.5. The molecule has 0 fully saturated rings. The zero-order valence-corrected chi connectivity index (χ0v) is 15.6. The second-order valence-electron chi connectivity index (χ2n) is 6.39. The lowest BCUT2D eigenvalue weighted by Crippen LogP contribution is -2.41. The largest absolute Gasteiger partial charge is 0.341 e. The SMILES string of the molecule is Cc1cc(C(=O)NNC(=O)c2cccnc2)c(C)n1C(C)c1ccccc1. The lowest BCUT2D eigenvalue weighted by molar-refractivity contribution is 0.0846. The van der Waals surface area contributed by atoms with Crippen LogP contribution in [0.2, 0.25) is 0 Å². The monoisotopic (exact) mass is 362 g/mol. The van der Waals surface area contributed by atoms with Crippen molar-refractivity contribution >= 4 is 11.8 Å². The molecule has 0 aliphatic rings. The number of benzene rings is 1. The van der Waals surface area contributed by atoms with Gasteiger partial charge in [0.1, 0.15) is 0 Å². The van der Waals surface area contributed by atoms with Crippen LogP contribution in [0.4, 0.5) is 0 Å². The van der Waals surface area contributed by atoms with Crippen LogP contribution in [0.25, 0.3) is 0 Å². The predicted molar refractivity (Wildman–Crippen MR) is 103 cm³/mol. The van der Waals surface area contributed by atoms with Crippen molar-refractivity contribution in [1.82, 2.24) is 20.4 Å². The number of hydrogen-bond donors (Lipinski definition) is 2. The van der Waals surface area contributed by atoms with E-state index in [0.29, 0.717) is 11.1 Å². The molecule has 0 aliphatic heterocycles. The van der Waals surface area contributed by atoms with E-state index in [1.807, 2.05) is 38.1 Å². The van der Waals surface area contributed by atoms with Gasteiger partial charge in [-0.2, -0.15) is 0 Å². The van der Waals surface area contributed by atoms with Gasteiger partial charge in [0.25, 0.3) is 11.8 Å². The fourth-order valence-corrected chi connectivity index (χ4v) is 3.23. The molecule has 1 unspecified atom stereocenters. The molecule has 2 amide bonds. The van der Waals surface area contributed by atoms with Crippen LogP contribution < -0.4 is 10.9 Å². The van der Waals surface area contributed by atoms with Crippen LogP contribution in [-0.4, -0.2) is 21.4 Å². The Bertz CT molecular complexity index is 949. The zero-order valence-electron chi connectivity index (χ0n) is 15.6. The van der Waals surface area contributed by atoms with Gasteiger partial charge in [-0.15, -0.1) is 0 Å². The highest BCUT2D eigenvalue weighted by molar-refractivity contribution is 5.99. The highest BCUT2D eigenvalue weighted by atomic mass is 16.2. The summed E-state index contributed by atoms with van der Waals surface area (Å²) in [5.41, 5.74) is 8.80. The van der Waals surface area contributed by atoms with Gasteiger partial charge in [-0.05, 0) is 44.5 Å². The van der Waals surface area contributed by atoms with Crippen molar-refractivity contribution in [2.75, 3.05) is 0 Å². The van der Waals surface area contributed by atoms with Crippen LogP contribution in [0.15, 0.2) is 60.9 Å². The van der Waals surface area contributed by atoms with Gasteiger partial charge in [0.15, 0.2) is 0 Å². The van der Waals surface area contributed by atoms with Crippen molar-refractivity contribution < 1.29 is 9.59 Å². The molecule has 138 valence electrons. The Morgan fingerprint density at radius 1 is 1.00 bits per heavy atom. The minimum Gasteiger partial charge on any atom is -0.341 e. The Kier molecular flexibility index (Phi) is 5.35. The molecule has 27 heavy (non-hydrogen) atoms. The molecule has 1 atom stereocenters. The zero-order chi connectivity index (χ0) is 19.4. The summed E-state index contributed by atoms with van der Waals surface area (Å²) >= 11 is 0. The van der Waals surface area contributed by atoms with Gasteiger partial charge in [0, 0.05) is 23.8 Å². The van der Waals surface area contributed by atoms with E-state index in [1.54, 1.807) is 18.3 Å². The summed E-state index contributed by atoms with van der Waals surface area (Å²) in [5.74, 6) is -0.769. The summed E-state index contributed by atoms with van der Waals surface area (Å²) in [7, 11) is 0. The van der Waals surface area contributed by atoms with Crippen molar-refractivity contribution in [2.45, 2.75) is 26.8 Å². The van der Waals surface area contributed by atoms with Crippen molar-refractivity contribution in [3.8, 4) is 0 Å². The van der Waals surface area contributed by atoms with Crippen molar-refractivity contribution in [1.29, 1.82) is 0 Å². The van der Waals surface area contributed by atoms with Crippen LogP contribution in [0.3, 0.4) is 0 Å². The Balaban J connectivity index is 1.75. The van der Waals surface area contributed by atoms with Crippen LogP contribution in [0.5, 0.6) is 0 Å². The quantitative estimate of drug-likeness (QED) is 0.700. The van der Waals surface area contributed by atoms with Crippen LogP contribution in [0, 0.1) is 13.8 Å². The third kappa shape index (κ3) is 3.89. The molecule has 0 aliphatic carbocycles. The maximum atomic E-state index is 12.6. The number of carbonyl (C=O) groups excluding carboxylic acids is 2. The number of amides is 2. The number of nitrogens with one attached hydrogen (secondary N) is 2. The lowest BCUT2D eigenvalue weighted by Gasteiger charge is -2.19. The maximum Gasteiger partial charge on any atom is 0.271 e. The molecule has 2 aromatic heterocycles. The second kappa shape index (κ2) is 7.86. The minimum absolute atomic E-state index is 0.0951. The fourth-order valence-electron chi connectivity index (χ4n) is 3.23. The maximum absolute atomic E-state index is 12.6. The van der Waals surface area contributed by atoms with Crippen LogP contribution >= 0.6 is 0 Å². The molecular weight excluding hydrogens is 340 g/mol. The minimum atomic E-state index is -0.414. The number of pyridine rings is 1. The van der Waals surface area contributed by atoms with Crippen LogP contribution in [-0.2, 0) is 0 Å². The number of rotatable bonds is 4. The Hall–Kier alpha value is -3.41. The van der Waals surface area contributed by atoms with E-state index < -0.39 is 5.91 Å². The number of aryl methyl sites for hydroxylation is 1. The average molecular weight is 362 g/mol. The average Bonchev–Trinajstić information content (AvgIpc) is 3.00. The number of hydrogen-bond acceptors (Lipinski definition) is 3. The van der Waals surface area contributed by atoms with Crippen molar-refractivity contribution in [3.05, 3.63) is 89.0 Å². The Morgan fingerprint density at radius 3 is 2.37 bits per heavy atom. The van der Waals surface area contributed by atoms with E-state index in [2.05, 4.69) is 39.5 Å². The van der Waals surface area contributed by atoms with E-state index >= 15 is 0 Å². The van der Waals surface area contributed by atoms with Gasteiger partial charge in [-0.1, -0.05) is 30.3 Å². The molecule has 6 nitrogen and oxygen atoms in total. The number of carbonyl (C=O) groups is 2. The van der Waals surface area contributed by atoms with Crippen molar-refractivity contribution in [3.63, 3.8) is 0 Å². The fraction of sp³-hybridized carbons (Fsp3) is 0.190. The van der Waals surface area contributed by atoms with Crippen LogP contribution in [0.1, 0.15) is 50.6 Å². The molecule has 3 rings (SSSR count). The van der Waals surface area contributed by atoms with Crippen molar-refractivity contribution in [2.24, 2.45) is 0 Å². The molecule has 0 saturated carbocycles. The molecular formula is C21H22N4O2. The van der Waals surface area contributed by atoms with E-state index in [9.17, 15) is 9.59 Å². The molecule has 2 N–H and O–H groups in total. The smallest absolute Gasteiger partial charge is 0.271 e. The highest BCUT2D eigenvalue weighted by Gasteiger charge is 2.20. The Labute approximate surface area is 158 Å². The lowest BCUT2D eigenvalue weighted by atomic mass is 10.1. The van der Waals surface area contributed by atoms with Gasteiger partial charge in [-0.3, -0.25) is 25.4 Å². The Morgan fingerprint density at radius 2 is 1.70 bits per heavy atom. The van der Waals surface area contributed by atoms with E-state index in [-0.39, 0.29) is 11.9 Å². The second-order valence-corrected chi connectivity index (χ2v) is 6.39.